The summed E-state index contributed by atoms with van der Waals surface area (Å²) in [5, 5.41) is 2.39. The van der Waals surface area contributed by atoms with E-state index in [-0.39, 0.29) is 17.2 Å². The smallest absolute Gasteiger partial charge is 0.325 e. The zero-order valence-electron chi connectivity index (χ0n) is 19.3. The highest BCUT2D eigenvalue weighted by molar-refractivity contribution is 5.98. The van der Waals surface area contributed by atoms with Gasteiger partial charge in [0.25, 0.3) is 5.91 Å². The van der Waals surface area contributed by atoms with Crippen molar-refractivity contribution in [3.05, 3.63) is 47.5 Å². The standard InChI is InChI=1S/C24H27FN2O7/c1-14(10-17-6-7-18(25)11-20(17)32-13-16-4-5-16)33-21(29)12-27-24(30)22-23(34-15(2)28)19(31-3)8-9-26-22/h6-9,11,14,16H,4-5,10,12-13H2,1-3H3,(H,27,30). The average molecular weight is 474 g/mol. The first-order chi connectivity index (χ1) is 16.3. The highest BCUT2D eigenvalue weighted by atomic mass is 19.1. The molecule has 1 aromatic heterocycles. The second-order valence-electron chi connectivity index (χ2n) is 7.98. The van der Waals surface area contributed by atoms with Crippen molar-refractivity contribution in [3.8, 4) is 17.2 Å². The molecule has 1 saturated carbocycles. The van der Waals surface area contributed by atoms with Gasteiger partial charge in [-0.15, -0.1) is 0 Å². The van der Waals surface area contributed by atoms with Crippen LogP contribution in [-0.4, -0.2) is 49.2 Å². The lowest BCUT2D eigenvalue weighted by Crippen LogP contribution is -2.33. The van der Waals surface area contributed by atoms with Crippen LogP contribution < -0.4 is 19.5 Å². The van der Waals surface area contributed by atoms with E-state index < -0.39 is 36.3 Å². The van der Waals surface area contributed by atoms with Crippen molar-refractivity contribution in [2.75, 3.05) is 20.3 Å². The third kappa shape index (κ3) is 7.16. The molecule has 3 rings (SSSR count). The maximum atomic E-state index is 13.7. The third-order valence-electron chi connectivity index (χ3n) is 4.98. The van der Waals surface area contributed by atoms with Gasteiger partial charge in [-0.2, -0.15) is 0 Å². The van der Waals surface area contributed by atoms with E-state index in [9.17, 15) is 18.8 Å². The van der Waals surface area contributed by atoms with E-state index in [2.05, 4.69) is 10.3 Å². The van der Waals surface area contributed by atoms with Crippen LogP contribution in [0.5, 0.6) is 17.2 Å². The fourth-order valence-corrected chi connectivity index (χ4v) is 3.17. The van der Waals surface area contributed by atoms with Gasteiger partial charge in [-0.3, -0.25) is 14.4 Å². The van der Waals surface area contributed by atoms with E-state index in [4.69, 9.17) is 18.9 Å². The molecule has 2 aromatic rings. The second kappa shape index (κ2) is 11.4. The Morgan fingerprint density at radius 3 is 2.65 bits per heavy atom. The number of methoxy groups -OCH3 is 1. The number of ether oxygens (including phenoxy) is 4. The SMILES string of the molecule is COc1ccnc(C(=O)NCC(=O)OC(C)Cc2ccc(F)cc2OCC2CC2)c1OC(C)=O. The van der Waals surface area contributed by atoms with E-state index in [1.807, 2.05) is 0 Å². The quantitative estimate of drug-likeness (QED) is 0.495. The summed E-state index contributed by atoms with van der Waals surface area (Å²) in [5.74, 6) is -1.54. The highest BCUT2D eigenvalue weighted by Gasteiger charge is 2.24. The molecule has 1 aromatic carbocycles. The molecule has 182 valence electrons. The van der Waals surface area contributed by atoms with Crippen molar-refractivity contribution in [1.82, 2.24) is 10.3 Å². The number of carbonyl (C=O) groups is 3. The fraction of sp³-hybridized carbons (Fsp3) is 0.417. The van der Waals surface area contributed by atoms with E-state index >= 15 is 0 Å². The number of amides is 1. The Morgan fingerprint density at radius 1 is 1.21 bits per heavy atom. The number of rotatable bonds is 11. The van der Waals surface area contributed by atoms with Gasteiger partial charge in [0.1, 0.15) is 24.2 Å². The minimum Gasteiger partial charge on any atom is -0.493 e. The van der Waals surface area contributed by atoms with Crippen molar-refractivity contribution >= 4 is 17.8 Å². The number of pyridine rings is 1. The van der Waals surface area contributed by atoms with E-state index in [1.165, 1.54) is 38.4 Å². The Bertz CT molecular complexity index is 1060. The van der Waals surface area contributed by atoms with Crippen molar-refractivity contribution in [1.29, 1.82) is 0 Å². The Hall–Kier alpha value is -3.69. The second-order valence-corrected chi connectivity index (χ2v) is 7.98. The molecular weight excluding hydrogens is 447 g/mol. The van der Waals surface area contributed by atoms with Crippen molar-refractivity contribution < 1.29 is 37.7 Å². The van der Waals surface area contributed by atoms with Gasteiger partial charge >= 0.3 is 11.9 Å². The summed E-state index contributed by atoms with van der Waals surface area (Å²) in [6, 6.07) is 5.70. The van der Waals surface area contributed by atoms with Crippen LogP contribution in [0.25, 0.3) is 0 Å². The lowest BCUT2D eigenvalue weighted by molar-refractivity contribution is -0.146. The predicted molar refractivity (Wildman–Crippen MR) is 118 cm³/mol. The average Bonchev–Trinajstić information content (AvgIpc) is 3.62. The summed E-state index contributed by atoms with van der Waals surface area (Å²) in [4.78, 5) is 40.1. The van der Waals surface area contributed by atoms with Gasteiger partial charge in [0.2, 0.25) is 5.75 Å². The van der Waals surface area contributed by atoms with Crippen LogP contribution in [0.4, 0.5) is 4.39 Å². The lowest BCUT2D eigenvalue weighted by Gasteiger charge is -2.17. The third-order valence-corrected chi connectivity index (χ3v) is 4.98. The summed E-state index contributed by atoms with van der Waals surface area (Å²) >= 11 is 0. The molecule has 1 aliphatic rings. The van der Waals surface area contributed by atoms with E-state index in [0.29, 0.717) is 24.7 Å². The number of carbonyl (C=O) groups excluding carboxylic acids is 3. The van der Waals surface area contributed by atoms with Crippen molar-refractivity contribution in [2.45, 2.75) is 39.2 Å². The van der Waals surface area contributed by atoms with Crippen LogP contribution >= 0.6 is 0 Å². The minimum atomic E-state index is -0.742. The minimum absolute atomic E-state index is 0.144. The zero-order valence-corrected chi connectivity index (χ0v) is 19.3. The number of hydrogen-bond donors (Lipinski definition) is 1. The number of aromatic nitrogens is 1. The summed E-state index contributed by atoms with van der Waals surface area (Å²) < 4.78 is 34.9. The maximum Gasteiger partial charge on any atom is 0.325 e. The largest absolute Gasteiger partial charge is 0.493 e. The van der Waals surface area contributed by atoms with E-state index in [0.717, 1.165) is 18.4 Å². The molecule has 1 amide bonds. The number of benzene rings is 1. The predicted octanol–water partition coefficient (Wildman–Crippen LogP) is 2.85. The first-order valence-corrected chi connectivity index (χ1v) is 10.9. The molecule has 1 unspecified atom stereocenters. The van der Waals surface area contributed by atoms with Crippen molar-refractivity contribution in [3.63, 3.8) is 0 Å². The normalized spacial score (nSPS) is 13.5. The Balaban J connectivity index is 1.55. The Labute approximate surface area is 196 Å². The zero-order chi connectivity index (χ0) is 24.7. The molecule has 1 aliphatic carbocycles. The van der Waals surface area contributed by atoms with Crippen LogP contribution in [0, 0.1) is 11.7 Å². The summed E-state index contributed by atoms with van der Waals surface area (Å²) in [5.41, 5.74) is 0.511. The summed E-state index contributed by atoms with van der Waals surface area (Å²) in [6.07, 6.45) is 3.29. The molecule has 1 N–H and O–H groups in total. The number of esters is 2. The van der Waals surface area contributed by atoms with Gasteiger partial charge in [0.15, 0.2) is 11.4 Å². The number of nitrogens with one attached hydrogen (secondary N) is 1. The molecule has 1 atom stereocenters. The molecule has 1 heterocycles. The molecule has 0 aliphatic heterocycles. The molecule has 1 fully saturated rings. The summed E-state index contributed by atoms with van der Waals surface area (Å²) in [7, 11) is 1.35. The molecule has 34 heavy (non-hydrogen) atoms. The van der Waals surface area contributed by atoms with Gasteiger partial charge < -0.3 is 24.3 Å². The van der Waals surface area contributed by atoms with Crippen LogP contribution in [0.1, 0.15) is 42.7 Å². The van der Waals surface area contributed by atoms with E-state index in [1.54, 1.807) is 13.0 Å². The monoisotopic (exact) mass is 474 g/mol. The van der Waals surface area contributed by atoms with Gasteiger partial charge in [-0.25, -0.2) is 9.37 Å². The molecule has 0 bridgehead atoms. The molecule has 10 heteroatoms. The van der Waals surface area contributed by atoms with Crippen molar-refractivity contribution in [2.24, 2.45) is 5.92 Å². The topological polar surface area (TPSA) is 113 Å². The van der Waals surface area contributed by atoms with Crippen LogP contribution in [-0.2, 0) is 20.7 Å². The number of nitrogens with zero attached hydrogens (tertiary/aromatic N) is 1. The lowest BCUT2D eigenvalue weighted by atomic mass is 10.1. The first-order valence-electron chi connectivity index (χ1n) is 10.9. The molecular formula is C24H27FN2O7. The number of halogens is 1. The van der Waals surface area contributed by atoms with Crippen LogP contribution in [0.3, 0.4) is 0 Å². The Morgan fingerprint density at radius 2 is 1.97 bits per heavy atom. The fourth-order valence-electron chi connectivity index (χ4n) is 3.17. The maximum absolute atomic E-state index is 13.7. The molecule has 0 spiro atoms. The highest BCUT2D eigenvalue weighted by Crippen LogP contribution is 2.31. The van der Waals surface area contributed by atoms with Crippen LogP contribution in [0.15, 0.2) is 30.5 Å². The molecule has 0 radical (unpaired) electrons. The first kappa shape index (κ1) is 24.9. The van der Waals surface area contributed by atoms with Gasteiger partial charge in [0.05, 0.1) is 13.7 Å². The molecule has 0 saturated heterocycles. The van der Waals surface area contributed by atoms with Crippen LogP contribution in [0.2, 0.25) is 0 Å². The number of hydrogen-bond acceptors (Lipinski definition) is 8. The van der Waals surface area contributed by atoms with Gasteiger partial charge in [-0.1, -0.05) is 6.07 Å². The Kier molecular flexibility index (Phi) is 8.39. The van der Waals surface area contributed by atoms with Gasteiger partial charge in [-0.05, 0) is 37.3 Å². The summed E-state index contributed by atoms with van der Waals surface area (Å²) in [6.45, 7) is 2.97. The molecule has 9 nitrogen and oxygen atoms in total. The van der Waals surface area contributed by atoms with Gasteiger partial charge in [0, 0.05) is 31.7 Å².